The van der Waals surface area contributed by atoms with E-state index in [0.29, 0.717) is 5.65 Å². The van der Waals surface area contributed by atoms with Crippen LogP contribution in [0.3, 0.4) is 0 Å². The lowest BCUT2D eigenvalue weighted by molar-refractivity contribution is -0.120. The molecule has 30 heavy (non-hydrogen) atoms. The molecule has 0 saturated carbocycles. The molecule has 3 aromatic heterocycles. The number of carbonyl (C=O) groups excluding carboxylic acids is 1. The van der Waals surface area contributed by atoms with E-state index in [1.165, 1.54) is 11.6 Å². The number of rotatable bonds is 6. The molecule has 1 aromatic carbocycles. The Labute approximate surface area is 178 Å². The summed E-state index contributed by atoms with van der Waals surface area (Å²) in [7, 11) is 0. The molecule has 2 N–H and O–H groups in total. The van der Waals surface area contributed by atoms with Crippen molar-refractivity contribution in [1.82, 2.24) is 19.9 Å². The summed E-state index contributed by atoms with van der Waals surface area (Å²) < 4.78 is 1.64. The van der Waals surface area contributed by atoms with E-state index < -0.39 is 0 Å². The zero-order valence-electron chi connectivity index (χ0n) is 17.2. The molecule has 0 aliphatic heterocycles. The van der Waals surface area contributed by atoms with E-state index in [1.807, 2.05) is 31.4 Å². The fraction of sp³-hybridized carbons (Fsp3) is 0.261. The number of aromatic amines is 1. The van der Waals surface area contributed by atoms with Crippen LogP contribution in [0.5, 0.6) is 0 Å². The van der Waals surface area contributed by atoms with E-state index in [9.17, 15) is 9.59 Å². The van der Waals surface area contributed by atoms with Crippen LogP contribution in [0, 0.1) is 13.8 Å². The molecule has 0 saturated heterocycles. The first-order valence-electron chi connectivity index (χ1n) is 9.95. The molecule has 1 atom stereocenters. The molecule has 3 heterocycles. The minimum Gasteiger partial charge on any atom is -0.344 e. The van der Waals surface area contributed by atoms with Crippen LogP contribution in [-0.2, 0) is 17.6 Å². The first-order chi connectivity index (χ1) is 14.5. The smallest absolute Gasteiger partial charge is 0.266 e. The molecule has 1 amide bonds. The molecule has 1 unspecified atom stereocenters. The van der Waals surface area contributed by atoms with Crippen LogP contribution in [0.4, 0.5) is 0 Å². The number of amides is 1. The standard InChI is InChI=1S/C23H24N4O2S/c1-4-16-7-9-17(10-8-16)23(19-6-5-11-30-19)25-21(28)12-18-14(2)24-20-13-22(29)26-27(20)15(18)3/h5-11,13,23H,4,12H2,1-3H3,(H,25,28)(H,26,29). The highest BCUT2D eigenvalue weighted by Gasteiger charge is 2.20. The highest BCUT2D eigenvalue weighted by atomic mass is 32.1. The largest absolute Gasteiger partial charge is 0.344 e. The number of aromatic nitrogens is 3. The zero-order chi connectivity index (χ0) is 21.3. The van der Waals surface area contributed by atoms with Gasteiger partial charge in [-0.15, -0.1) is 11.3 Å². The number of fused-ring (bicyclic) bond motifs is 1. The number of aryl methyl sites for hydroxylation is 3. The molecule has 4 aromatic rings. The highest BCUT2D eigenvalue weighted by molar-refractivity contribution is 7.10. The number of benzene rings is 1. The van der Waals surface area contributed by atoms with Crippen LogP contribution >= 0.6 is 11.3 Å². The lowest BCUT2D eigenvalue weighted by Crippen LogP contribution is -2.31. The molecule has 6 nitrogen and oxygen atoms in total. The van der Waals surface area contributed by atoms with E-state index in [-0.39, 0.29) is 23.9 Å². The molecule has 0 fully saturated rings. The van der Waals surface area contributed by atoms with Gasteiger partial charge in [0.2, 0.25) is 5.91 Å². The van der Waals surface area contributed by atoms with Gasteiger partial charge in [-0.25, -0.2) is 9.50 Å². The van der Waals surface area contributed by atoms with Crippen LogP contribution in [0.1, 0.15) is 45.9 Å². The minimum absolute atomic E-state index is 0.0881. The number of nitrogens with zero attached hydrogens (tertiary/aromatic N) is 2. The Morgan fingerprint density at radius 3 is 2.67 bits per heavy atom. The second-order valence-electron chi connectivity index (χ2n) is 7.36. The summed E-state index contributed by atoms with van der Waals surface area (Å²) in [6.45, 7) is 5.88. The zero-order valence-corrected chi connectivity index (χ0v) is 18.0. The van der Waals surface area contributed by atoms with Crippen LogP contribution in [0.15, 0.2) is 52.6 Å². The average Bonchev–Trinajstić information content (AvgIpc) is 3.39. The maximum atomic E-state index is 13.0. The lowest BCUT2D eigenvalue weighted by atomic mass is 10.0. The van der Waals surface area contributed by atoms with Crippen molar-refractivity contribution in [2.45, 2.75) is 39.7 Å². The van der Waals surface area contributed by atoms with Crippen molar-refractivity contribution in [3.05, 3.63) is 91.2 Å². The van der Waals surface area contributed by atoms with Gasteiger partial charge in [0.1, 0.15) is 0 Å². The van der Waals surface area contributed by atoms with E-state index >= 15 is 0 Å². The summed E-state index contributed by atoms with van der Waals surface area (Å²) in [6, 6.07) is 13.7. The Balaban J connectivity index is 1.62. The Kier molecular flexibility index (Phi) is 5.55. The average molecular weight is 421 g/mol. The van der Waals surface area contributed by atoms with Gasteiger partial charge in [0.05, 0.1) is 12.5 Å². The van der Waals surface area contributed by atoms with Gasteiger partial charge < -0.3 is 5.32 Å². The van der Waals surface area contributed by atoms with Crippen LogP contribution < -0.4 is 10.9 Å². The Morgan fingerprint density at radius 2 is 2.00 bits per heavy atom. The quantitative estimate of drug-likeness (QED) is 0.499. The summed E-state index contributed by atoms with van der Waals surface area (Å²) in [5.74, 6) is -0.0881. The van der Waals surface area contributed by atoms with Crippen molar-refractivity contribution in [2.24, 2.45) is 0 Å². The van der Waals surface area contributed by atoms with E-state index in [1.54, 1.807) is 15.9 Å². The second kappa shape index (κ2) is 8.28. The maximum absolute atomic E-state index is 13.0. The van der Waals surface area contributed by atoms with Gasteiger partial charge in [-0.1, -0.05) is 37.3 Å². The highest BCUT2D eigenvalue weighted by Crippen LogP contribution is 2.27. The Hall–Kier alpha value is -3.19. The van der Waals surface area contributed by atoms with Crippen LogP contribution in [0.2, 0.25) is 0 Å². The second-order valence-corrected chi connectivity index (χ2v) is 8.34. The van der Waals surface area contributed by atoms with Gasteiger partial charge in [0, 0.05) is 27.9 Å². The summed E-state index contributed by atoms with van der Waals surface area (Å²) >= 11 is 1.62. The summed E-state index contributed by atoms with van der Waals surface area (Å²) in [6.07, 6.45) is 1.17. The number of H-pyrrole nitrogens is 1. The van der Waals surface area contributed by atoms with Gasteiger partial charge in [-0.2, -0.15) is 0 Å². The molecular weight excluding hydrogens is 396 g/mol. The van der Waals surface area contributed by atoms with Crippen molar-refractivity contribution in [1.29, 1.82) is 0 Å². The fourth-order valence-electron chi connectivity index (χ4n) is 3.70. The molecule has 4 rings (SSSR count). The van der Waals surface area contributed by atoms with Crippen LogP contribution in [-0.4, -0.2) is 20.5 Å². The number of carbonyl (C=O) groups is 1. The number of thiophene rings is 1. The summed E-state index contributed by atoms with van der Waals surface area (Å²) in [5.41, 5.74) is 5.06. The fourth-order valence-corrected chi connectivity index (χ4v) is 4.51. The van der Waals surface area contributed by atoms with E-state index in [4.69, 9.17) is 0 Å². The lowest BCUT2D eigenvalue weighted by Gasteiger charge is -2.19. The molecule has 0 bridgehead atoms. The molecule has 0 aliphatic carbocycles. The molecule has 0 spiro atoms. The van der Waals surface area contributed by atoms with Crippen molar-refractivity contribution in [3.8, 4) is 0 Å². The van der Waals surface area contributed by atoms with Crippen molar-refractivity contribution in [3.63, 3.8) is 0 Å². The predicted molar refractivity (Wildman–Crippen MR) is 119 cm³/mol. The third-order valence-corrected chi connectivity index (χ3v) is 6.33. The SMILES string of the molecule is CCc1ccc(C(NC(=O)Cc2c(C)nc3cc(=O)[nH]n3c2C)c2cccs2)cc1. The molecular formula is C23H24N4O2S. The summed E-state index contributed by atoms with van der Waals surface area (Å²) in [5, 5.41) is 7.95. The van der Waals surface area contributed by atoms with Crippen molar-refractivity contribution < 1.29 is 4.79 Å². The molecule has 7 heteroatoms. The van der Waals surface area contributed by atoms with Crippen molar-refractivity contribution in [2.75, 3.05) is 0 Å². The minimum atomic E-state index is -0.208. The summed E-state index contributed by atoms with van der Waals surface area (Å²) in [4.78, 5) is 30.3. The maximum Gasteiger partial charge on any atom is 0.266 e. The Morgan fingerprint density at radius 1 is 1.23 bits per heavy atom. The monoisotopic (exact) mass is 420 g/mol. The normalized spacial score (nSPS) is 12.2. The molecule has 0 radical (unpaired) electrons. The molecule has 154 valence electrons. The van der Waals surface area contributed by atoms with Gasteiger partial charge >= 0.3 is 0 Å². The van der Waals surface area contributed by atoms with Crippen LogP contribution in [0.25, 0.3) is 5.65 Å². The predicted octanol–water partition coefficient (Wildman–Crippen LogP) is 3.71. The van der Waals surface area contributed by atoms with Gasteiger partial charge in [-0.3, -0.25) is 14.7 Å². The third kappa shape index (κ3) is 3.93. The third-order valence-electron chi connectivity index (χ3n) is 5.39. The van der Waals surface area contributed by atoms with Crippen molar-refractivity contribution >= 4 is 22.9 Å². The number of nitrogens with one attached hydrogen (secondary N) is 2. The first kappa shape index (κ1) is 20.1. The van der Waals surface area contributed by atoms with E-state index in [2.05, 4.69) is 46.6 Å². The number of hydrogen-bond donors (Lipinski definition) is 2. The first-order valence-corrected chi connectivity index (χ1v) is 10.8. The Bertz CT molecular complexity index is 1240. The molecule has 0 aliphatic rings. The number of hydrogen-bond acceptors (Lipinski definition) is 4. The topological polar surface area (TPSA) is 79.3 Å². The van der Waals surface area contributed by atoms with E-state index in [0.717, 1.165) is 33.8 Å². The van der Waals surface area contributed by atoms with Gasteiger partial charge in [0.15, 0.2) is 5.65 Å². The van der Waals surface area contributed by atoms with Gasteiger partial charge in [0.25, 0.3) is 5.56 Å². The van der Waals surface area contributed by atoms with Gasteiger partial charge in [-0.05, 0) is 42.8 Å².